The van der Waals surface area contributed by atoms with Gasteiger partial charge in [-0.25, -0.2) is 4.79 Å². The number of aryl methyl sites for hydroxylation is 1. The maximum absolute atomic E-state index is 12.5. The van der Waals surface area contributed by atoms with Gasteiger partial charge in [-0.2, -0.15) is 0 Å². The van der Waals surface area contributed by atoms with Crippen LogP contribution in [0.5, 0.6) is 5.75 Å². The van der Waals surface area contributed by atoms with Crippen LogP contribution in [0.1, 0.15) is 49.1 Å². The van der Waals surface area contributed by atoms with Crippen molar-refractivity contribution in [2.45, 2.75) is 45.9 Å². The lowest BCUT2D eigenvalue weighted by Gasteiger charge is -2.24. The molecule has 0 spiro atoms. The molecule has 1 atom stereocenters. The summed E-state index contributed by atoms with van der Waals surface area (Å²) in [5, 5.41) is 3.00. The molecule has 4 heteroatoms. The van der Waals surface area contributed by atoms with Crippen molar-refractivity contribution in [3.63, 3.8) is 0 Å². The van der Waals surface area contributed by atoms with Crippen LogP contribution in [-0.4, -0.2) is 11.7 Å². The highest BCUT2D eigenvalue weighted by Crippen LogP contribution is 2.26. The zero-order valence-corrected chi connectivity index (χ0v) is 18.0. The molecule has 3 rings (SSSR count). The molecule has 0 aliphatic rings. The van der Waals surface area contributed by atoms with E-state index < -0.39 is 11.7 Å². The highest BCUT2D eigenvalue weighted by molar-refractivity contribution is 5.69. The van der Waals surface area contributed by atoms with Crippen molar-refractivity contribution in [1.82, 2.24) is 5.32 Å². The maximum Gasteiger partial charge on any atom is 0.408 e. The molecule has 1 N–H and O–H groups in total. The van der Waals surface area contributed by atoms with Crippen molar-refractivity contribution < 1.29 is 14.3 Å². The van der Waals surface area contributed by atoms with Crippen molar-refractivity contribution in [3.05, 3.63) is 101 Å². The molecule has 156 valence electrons. The monoisotopic (exact) mass is 403 g/mol. The standard InChI is InChI=1S/C26H29NO3/c1-19-13-15-20(16-14-19)18-29-23-12-8-11-22(17-23)24(21-9-6-5-7-10-21)27-25(28)30-26(2,3)4/h5-17,24H,18H2,1-4H3,(H,27,28)/t24-/m0/s1. The van der Waals surface area contributed by atoms with Crippen LogP contribution in [-0.2, 0) is 11.3 Å². The molecule has 30 heavy (non-hydrogen) atoms. The van der Waals surface area contributed by atoms with Gasteiger partial charge in [0, 0.05) is 0 Å². The zero-order valence-electron chi connectivity index (χ0n) is 18.0. The van der Waals surface area contributed by atoms with E-state index in [-0.39, 0.29) is 6.04 Å². The van der Waals surface area contributed by atoms with Gasteiger partial charge in [0.15, 0.2) is 0 Å². The second-order valence-corrected chi connectivity index (χ2v) is 8.34. The number of nitrogens with one attached hydrogen (secondary N) is 1. The minimum absolute atomic E-state index is 0.344. The topological polar surface area (TPSA) is 47.6 Å². The van der Waals surface area contributed by atoms with E-state index >= 15 is 0 Å². The molecule has 0 bridgehead atoms. The first kappa shape index (κ1) is 21.4. The van der Waals surface area contributed by atoms with Gasteiger partial charge in [0.25, 0.3) is 0 Å². The van der Waals surface area contributed by atoms with E-state index in [1.807, 2.05) is 75.4 Å². The molecule has 4 nitrogen and oxygen atoms in total. The Morgan fingerprint density at radius 2 is 1.57 bits per heavy atom. The smallest absolute Gasteiger partial charge is 0.408 e. The number of hydrogen-bond acceptors (Lipinski definition) is 3. The number of carbonyl (C=O) groups is 1. The lowest BCUT2D eigenvalue weighted by Crippen LogP contribution is -2.35. The maximum atomic E-state index is 12.5. The first-order valence-electron chi connectivity index (χ1n) is 10.1. The van der Waals surface area contributed by atoms with Gasteiger partial charge in [0.05, 0.1) is 6.04 Å². The van der Waals surface area contributed by atoms with Gasteiger partial charge in [0.2, 0.25) is 0 Å². The third-order valence-electron chi connectivity index (χ3n) is 4.51. The van der Waals surface area contributed by atoms with Crippen molar-refractivity contribution in [3.8, 4) is 5.75 Å². The van der Waals surface area contributed by atoms with Gasteiger partial charge < -0.3 is 14.8 Å². The van der Waals surface area contributed by atoms with Crippen LogP contribution in [0, 0.1) is 6.92 Å². The molecule has 3 aromatic carbocycles. The van der Waals surface area contributed by atoms with E-state index in [0.29, 0.717) is 6.61 Å². The molecule has 0 saturated heterocycles. The summed E-state index contributed by atoms with van der Waals surface area (Å²) in [4.78, 5) is 12.5. The van der Waals surface area contributed by atoms with Crippen molar-refractivity contribution in [2.24, 2.45) is 0 Å². The van der Waals surface area contributed by atoms with Crippen LogP contribution in [0.15, 0.2) is 78.9 Å². The summed E-state index contributed by atoms with van der Waals surface area (Å²) >= 11 is 0. The second-order valence-electron chi connectivity index (χ2n) is 8.34. The molecule has 3 aromatic rings. The molecule has 0 aliphatic heterocycles. The van der Waals surface area contributed by atoms with Crippen LogP contribution >= 0.6 is 0 Å². The zero-order chi connectivity index (χ0) is 21.6. The Morgan fingerprint density at radius 1 is 0.900 bits per heavy atom. The van der Waals surface area contributed by atoms with Gasteiger partial charge >= 0.3 is 6.09 Å². The predicted molar refractivity (Wildman–Crippen MR) is 120 cm³/mol. The van der Waals surface area contributed by atoms with Crippen molar-refractivity contribution in [1.29, 1.82) is 0 Å². The molecular weight excluding hydrogens is 374 g/mol. The van der Waals surface area contributed by atoms with E-state index in [4.69, 9.17) is 9.47 Å². The Labute approximate surface area is 178 Å². The Kier molecular flexibility index (Phi) is 6.78. The number of amides is 1. The lowest BCUT2D eigenvalue weighted by atomic mass is 9.98. The lowest BCUT2D eigenvalue weighted by molar-refractivity contribution is 0.0512. The highest BCUT2D eigenvalue weighted by atomic mass is 16.6. The number of carbonyl (C=O) groups excluding carboxylic acids is 1. The van der Waals surface area contributed by atoms with Gasteiger partial charge in [-0.3, -0.25) is 0 Å². The van der Waals surface area contributed by atoms with Gasteiger partial charge in [-0.05, 0) is 56.5 Å². The molecule has 0 heterocycles. The molecule has 0 aliphatic carbocycles. The number of ether oxygens (including phenoxy) is 2. The number of hydrogen-bond donors (Lipinski definition) is 1. The van der Waals surface area contributed by atoms with Gasteiger partial charge in [-0.15, -0.1) is 0 Å². The molecule has 0 aromatic heterocycles. The van der Waals surface area contributed by atoms with Crippen molar-refractivity contribution >= 4 is 6.09 Å². The van der Waals surface area contributed by atoms with Crippen LogP contribution in [0.3, 0.4) is 0 Å². The molecule has 1 amide bonds. The third-order valence-corrected chi connectivity index (χ3v) is 4.51. The predicted octanol–water partition coefficient (Wildman–Crippen LogP) is 6.19. The average Bonchev–Trinajstić information content (AvgIpc) is 2.71. The molecule has 0 radical (unpaired) electrons. The fourth-order valence-corrected chi connectivity index (χ4v) is 3.06. The molecule has 0 unspecified atom stereocenters. The second kappa shape index (κ2) is 9.49. The first-order valence-corrected chi connectivity index (χ1v) is 10.1. The van der Waals surface area contributed by atoms with Crippen molar-refractivity contribution in [2.75, 3.05) is 0 Å². The fourth-order valence-electron chi connectivity index (χ4n) is 3.06. The Bertz CT molecular complexity index is 960. The van der Waals surface area contributed by atoms with Crippen LogP contribution in [0.4, 0.5) is 4.79 Å². The number of benzene rings is 3. The van der Waals surface area contributed by atoms with Gasteiger partial charge in [-0.1, -0.05) is 72.3 Å². The third kappa shape index (κ3) is 6.38. The van der Waals surface area contributed by atoms with E-state index in [0.717, 1.165) is 22.4 Å². The molecular formula is C26H29NO3. The average molecular weight is 404 g/mol. The first-order chi connectivity index (χ1) is 14.3. The summed E-state index contributed by atoms with van der Waals surface area (Å²) in [6.07, 6.45) is -0.456. The minimum Gasteiger partial charge on any atom is -0.489 e. The van der Waals surface area contributed by atoms with Gasteiger partial charge in [0.1, 0.15) is 18.0 Å². The Hall–Kier alpha value is -3.27. The molecule has 0 fully saturated rings. The summed E-state index contributed by atoms with van der Waals surface area (Å²) in [6.45, 7) is 8.10. The van der Waals surface area contributed by atoms with E-state index in [1.165, 1.54) is 5.56 Å². The van der Waals surface area contributed by atoms with Crippen LogP contribution in [0.25, 0.3) is 0 Å². The summed E-state index contributed by atoms with van der Waals surface area (Å²) < 4.78 is 11.5. The Balaban J connectivity index is 1.80. The normalized spacial score (nSPS) is 12.1. The Morgan fingerprint density at radius 3 is 2.23 bits per heavy atom. The summed E-state index contributed by atoms with van der Waals surface area (Å²) in [5.74, 6) is 0.750. The number of alkyl carbamates (subject to hydrolysis) is 1. The van der Waals surface area contributed by atoms with Crippen LogP contribution < -0.4 is 10.1 Å². The quantitative estimate of drug-likeness (QED) is 0.534. The number of rotatable bonds is 6. The summed E-state index contributed by atoms with van der Waals surface area (Å²) in [7, 11) is 0. The highest BCUT2D eigenvalue weighted by Gasteiger charge is 2.22. The SMILES string of the molecule is Cc1ccc(COc2cccc([C@@H](NC(=O)OC(C)(C)C)c3ccccc3)c2)cc1. The fraction of sp³-hybridized carbons (Fsp3) is 0.269. The minimum atomic E-state index is -0.565. The molecule has 0 saturated carbocycles. The van der Waals surface area contributed by atoms with E-state index in [2.05, 4.69) is 36.5 Å². The largest absolute Gasteiger partial charge is 0.489 e. The van der Waals surface area contributed by atoms with Crippen LogP contribution in [0.2, 0.25) is 0 Å². The summed E-state index contributed by atoms with van der Waals surface area (Å²) in [6, 6.07) is 25.6. The van der Waals surface area contributed by atoms with E-state index in [9.17, 15) is 4.79 Å². The summed E-state index contributed by atoms with van der Waals surface area (Å²) in [5.41, 5.74) is 3.66. The van der Waals surface area contributed by atoms with E-state index in [1.54, 1.807) is 0 Å².